The molecular formula is C23H22F3N3O. The minimum atomic E-state index is -4.74. The Morgan fingerprint density at radius 1 is 1.23 bits per heavy atom. The predicted octanol–water partition coefficient (Wildman–Crippen LogP) is 5.02. The fourth-order valence-corrected chi connectivity index (χ4v) is 4.41. The first-order chi connectivity index (χ1) is 14.2. The maximum atomic E-state index is 13.3. The SMILES string of the molecule is CCc1cc(C)c2[nH]cc(C(O)C(F)(F)F)c2c1CN1Cc2ccc(C#N)cc2C1. The topological polar surface area (TPSA) is 63.0 Å². The number of hydrogen-bond acceptors (Lipinski definition) is 3. The van der Waals surface area contributed by atoms with Gasteiger partial charge in [0.1, 0.15) is 0 Å². The Labute approximate surface area is 172 Å². The molecule has 4 rings (SSSR count). The summed E-state index contributed by atoms with van der Waals surface area (Å²) in [4.78, 5) is 5.10. The van der Waals surface area contributed by atoms with Crippen molar-refractivity contribution in [2.45, 2.75) is 52.2 Å². The van der Waals surface area contributed by atoms with Crippen molar-refractivity contribution in [2.24, 2.45) is 0 Å². The molecular weight excluding hydrogens is 391 g/mol. The number of alkyl halides is 3. The van der Waals surface area contributed by atoms with Crippen molar-refractivity contribution >= 4 is 10.9 Å². The number of benzene rings is 2. The zero-order valence-corrected chi connectivity index (χ0v) is 16.8. The highest BCUT2D eigenvalue weighted by Gasteiger charge is 2.41. The van der Waals surface area contributed by atoms with Gasteiger partial charge in [-0.15, -0.1) is 0 Å². The molecule has 0 radical (unpaired) electrons. The van der Waals surface area contributed by atoms with Gasteiger partial charge in [0.15, 0.2) is 6.10 Å². The first-order valence-electron chi connectivity index (χ1n) is 9.84. The van der Waals surface area contributed by atoms with Crippen LogP contribution in [0.15, 0.2) is 30.5 Å². The van der Waals surface area contributed by atoms with E-state index in [2.05, 4.69) is 16.0 Å². The first-order valence-corrected chi connectivity index (χ1v) is 9.84. The van der Waals surface area contributed by atoms with Gasteiger partial charge in [0.2, 0.25) is 0 Å². The summed E-state index contributed by atoms with van der Waals surface area (Å²) in [7, 11) is 0. The van der Waals surface area contributed by atoms with Crippen molar-refractivity contribution in [2.75, 3.05) is 0 Å². The summed E-state index contributed by atoms with van der Waals surface area (Å²) in [6.45, 7) is 5.60. The second-order valence-corrected chi connectivity index (χ2v) is 7.86. The molecule has 0 saturated carbocycles. The van der Waals surface area contributed by atoms with Gasteiger partial charge in [-0.2, -0.15) is 18.4 Å². The molecule has 4 nitrogen and oxygen atoms in total. The van der Waals surface area contributed by atoms with E-state index in [0.29, 0.717) is 42.5 Å². The number of nitrogens with zero attached hydrogens (tertiary/aromatic N) is 2. The van der Waals surface area contributed by atoms with Gasteiger partial charge in [0.05, 0.1) is 11.6 Å². The Bertz CT molecular complexity index is 1160. The van der Waals surface area contributed by atoms with Crippen LogP contribution in [-0.2, 0) is 26.1 Å². The van der Waals surface area contributed by atoms with Crippen LogP contribution < -0.4 is 0 Å². The number of hydrogen-bond donors (Lipinski definition) is 2. The lowest BCUT2D eigenvalue weighted by Crippen LogP contribution is -2.21. The number of halogens is 3. The molecule has 0 saturated heterocycles. The van der Waals surface area contributed by atoms with E-state index in [0.717, 1.165) is 27.8 Å². The molecule has 2 N–H and O–H groups in total. The number of nitrogens with one attached hydrogen (secondary N) is 1. The van der Waals surface area contributed by atoms with Crippen LogP contribution in [0.1, 0.15) is 52.0 Å². The van der Waals surface area contributed by atoms with Crippen LogP contribution in [0.4, 0.5) is 13.2 Å². The molecule has 0 bridgehead atoms. The number of aromatic amines is 1. The number of aliphatic hydroxyl groups is 1. The van der Waals surface area contributed by atoms with Crippen LogP contribution in [0, 0.1) is 18.3 Å². The van der Waals surface area contributed by atoms with E-state index in [9.17, 15) is 18.3 Å². The van der Waals surface area contributed by atoms with Crippen molar-refractivity contribution in [3.05, 3.63) is 69.4 Å². The number of fused-ring (bicyclic) bond motifs is 2. The molecule has 3 aromatic rings. The molecule has 0 aliphatic carbocycles. The van der Waals surface area contributed by atoms with Gasteiger partial charge in [0, 0.05) is 42.3 Å². The minimum Gasteiger partial charge on any atom is -0.379 e. The largest absolute Gasteiger partial charge is 0.418 e. The normalized spacial score (nSPS) is 15.4. The second kappa shape index (κ2) is 7.46. The van der Waals surface area contributed by atoms with Gasteiger partial charge in [-0.1, -0.05) is 19.1 Å². The second-order valence-electron chi connectivity index (χ2n) is 7.86. The van der Waals surface area contributed by atoms with Crippen LogP contribution in [0.3, 0.4) is 0 Å². The van der Waals surface area contributed by atoms with Gasteiger partial charge in [-0.25, -0.2) is 0 Å². The maximum Gasteiger partial charge on any atom is 0.418 e. The van der Waals surface area contributed by atoms with Crippen LogP contribution in [0.25, 0.3) is 10.9 Å². The number of aromatic nitrogens is 1. The van der Waals surface area contributed by atoms with Gasteiger partial charge in [-0.3, -0.25) is 4.90 Å². The smallest absolute Gasteiger partial charge is 0.379 e. The van der Waals surface area contributed by atoms with Gasteiger partial charge in [0.25, 0.3) is 0 Å². The zero-order valence-electron chi connectivity index (χ0n) is 16.8. The fraction of sp³-hybridized carbons (Fsp3) is 0.348. The highest BCUT2D eigenvalue weighted by Crippen LogP contribution is 2.40. The molecule has 1 unspecified atom stereocenters. The highest BCUT2D eigenvalue weighted by atomic mass is 19.4. The van der Waals surface area contributed by atoms with Gasteiger partial charge >= 0.3 is 6.18 Å². The van der Waals surface area contributed by atoms with E-state index in [-0.39, 0.29) is 5.56 Å². The monoisotopic (exact) mass is 413 g/mol. The Kier molecular flexibility index (Phi) is 5.08. The van der Waals surface area contributed by atoms with Crippen molar-refractivity contribution in [1.29, 1.82) is 5.26 Å². The van der Waals surface area contributed by atoms with Crippen molar-refractivity contribution < 1.29 is 18.3 Å². The van der Waals surface area contributed by atoms with Gasteiger partial charge < -0.3 is 10.1 Å². The molecule has 7 heteroatoms. The number of aliphatic hydroxyl groups excluding tert-OH is 1. The standard InChI is InChI=1S/C23H22F3N3O/c1-3-15-6-13(2)21-20(18(9-28-21)22(30)23(24,25)26)19(15)12-29-10-16-5-4-14(8-27)7-17(16)11-29/h4-7,9,22,28,30H,3,10-12H2,1-2H3. The summed E-state index contributed by atoms with van der Waals surface area (Å²) >= 11 is 0. The van der Waals surface area contributed by atoms with Crippen LogP contribution in [0.5, 0.6) is 0 Å². The average molecular weight is 413 g/mol. The predicted molar refractivity (Wildman–Crippen MR) is 108 cm³/mol. The molecule has 0 spiro atoms. The van der Waals surface area contributed by atoms with E-state index in [1.807, 2.05) is 32.0 Å². The van der Waals surface area contributed by atoms with Crippen molar-refractivity contribution in [3.63, 3.8) is 0 Å². The quantitative estimate of drug-likeness (QED) is 0.631. The minimum absolute atomic E-state index is 0.130. The van der Waals surface area contributed by atoms with E-state index in [1.165, 1.54) is 6.20 Å². The average Bonchev–Trinajstić information content (AvgIpc) is 3.32. The summed E-state index contributed by atoms with van der Waals surface area (Å²) in [5, 5.41) is 19.6. The van der Waals surface area contributed by atoms with Crippen LogP contribution in [0.2, 0.25) is 0 Å². The number of aryl methyl sites for hydroxylation is 2. The Balaban J connectivity index is 1.77. The van der Waals surface area contributed by atoms with Crippen molar-refractivity contribution in [1.82, 2.24) is 9.88 Å². The molecule has 1 aliphatic heterocycles. The fourth-order valence-electron chi connectivity index (χ4n) is 4.41. The van der Waals surface area contributed by atoms with Crippen LogP contribution in [-0.4, -0.2) is 21.2 Å². The first kappa shape index (κ1) is 20.5. The van der Waals surface area contributed by atoms with E-state index < -0.39 is 12.3 Å². The summed E-state index contributed by atoms with van der Waals surface area (Å²) in [5.41, 5.74) is 5.94. The highest BCUT2D eigenvalue weighted by molar-refractivity contribution is 5.90. The summed E-state index contributed by atoms with van der Waals surface area (Å²) in [6.07, 6.45) is -5.32. The molecule has 0 amide bonds. The van der Waals surface area contributed by atoms with Crippen molar-refractivity contribution in [3.8, 4) is 6.07 Å². The molecule has 30 heavy (non-hydrogen) atoms. The Morgan fingerprint density at radius 3 is 2.63 bits per heavy atom. The lowest BCUT2D eigenvalue weighted by atomic mass is 9.93. The van der Waals surface area contributed by atoms with Gasteiger partial charge in [-0.05, 0) is 53.3 Å². The lowest BCUT2D eigenvalue weighted by molar-refractivity contribution is -0.206. The maximum absolute atomic E-state index is 13.3. The third kappa shape index (κ3) is 3.47. The summed E-state index contributed by atoms with van der Waals surface area (Å²) < 4.78 is 39.9. The molecule has 2 aromatic carbocycles. The zero-order chi connectivity index (χ0) is 21.6. The van der Waals surface area contributed by atoms with E-state index in [1.54, 1.807) is 6.07 Å². The molecule has 156 valence electrons. The summed E-state index contributed by atoms with van der Waals surface area (Å²) in [6, 6.07) is 9.75. The third-order valence-electron chi connectivity index (χ3n) is 5.88. The van der Waals surface area contributed by atoms with Crippen LogP contribution >= 0.6 is 0 Å². The summed E-state index contributed by atoms with van der Waals surface area (Å²) in [5.74, 6) is 0. The third-order valence-corrected chi connectivity index (χ3v) is 5.88. The number of nitriles is 1. The van der Waals surface area contributed by atoms with E-state index in [4.69, 9.17) is 5.26 Å². The molecule has 0 fully saturated rings. The molecule has 1 atom stereocenters. The number of H-pyrrole nitrogens is 1. The Morgan fingerprint density at radius 2 is 1.97 bits per heavy atom. The molecule has 1 aromatic heterocycles. The molecule has 2 heterocycles. The number of rotatable bonds is 4. The molecule has 1 aliphatic rings. The Hall–Kier alpha value is -2.82. The lowest BCUT2D eigenvalue weighted by Gasteiger charge is -2.21. The van der Waals surface area contributed by atoms with E-state index >= 15 is 0 Å².